The van der Waals surface area contributed by atoms with Crippen LogP contribution in [0.5, 0.6) is 0 Å². The lowest BCUT2D eigenvalue weighted by Gasteiger charge is -2.08. The van der Waals surface area contributed by atoms with Crippen LogP contribution in [-0.4, -0.2) is 24.7 Å². The lowest BCUT2D eigenvalue weighted by Crippen LogP contribution is -2.13. The Bertz CT molecular complexity index is 715. The number of hydrogen-bond acceptors (Lipinski definition) is 4. The quantitative estimate of drug-likeness (QED) is 0.874. The van der Waals surface area contributed by atoms with E-state index in [1.54, 1.807) is 12.1 Å². The first-order valence-electron chi connectivity index (χ1n) is 5.63. The van der Waals surface area contributed by atoms with Crippen LogP contribution in [-0.2, 0) is 16.6 Å². The maximum Gasteiger partial charge on any atom is 0.265 e. The number of nitrogens with one attached hydrogen (secondary N) is 1. The highest BCUT2D eigenvalue weighted by molar-refractivity contribution is 7.92. The van der Waals surface area contributed by atoms with Crippen molar-refractivity contribution in [1.29, 1.82) is 0 Å². The van der Waals surface area contributed by atoms with E-state index in [4.69, 9.17) is 28.9 Å². The third kappa shape index (κ3) is 3.24. The molecule has 108 valence electrons. The normalized spacial score (nSPS) is 11.6. The SMILES string of the molecule is NCCn1cc(S(=O)(=O)Nc2cccc(Cl)c2Cl)cn1. The van der Waals surface area contributed by atoms with Crippen molar-refractivity contribution in [2.24, 2.45) is 5.73 Å². The highest BCUT2D eigenvalue weighted by atomic mass is 35.5. The largest absolute Gasteiger partial charge is 0.329 e. The maximum absolute atomic E-state index is 12.2. The number of nitrogens with zero attached hydrogens (tertiary/aromatic N) is 2. The Balaban J connectivity index is 2.28. The van der Waals surface area contributed by atoms with Gasteiger partial charge in [0.15, 0.2) is 0 Å². The molecule has 0 aliphatic heterocycles. The number of hydrogen-bond donors (Lipinski definition) is 2. The van der Waals surface area contributed by atoms with Gasteiger partial charge in [-0.25, -0.2) is 8.42 Å². The second-order valence-corrected chi connectivity index (χ2v) is 6.40. The molecule has 2 rings (SSSR count). The fourth-order valence-electron chi connectivity index (χ4n) is 1.52. The van der Waals surface area contributed by atoms with Gasteiger partial charge in [-0.05, 0) is 12.1 Å². The molecule has 20 heavy (non-hydrogen) atoms. The number of sulfonamides is 1. The number of halogens is 2. The van der Waals surface area contributed by atoms with Crippen LogP contribution in [0, 0.1) is 0 Å². The second kappa shape index (κ2) is 6.01. The number of aromatic nitrogens is 2. The van der Waals surface area contributed by atoms with Gasteiger partial charge in [-0.3, -0.25) is 9.40 Å². The van der Waals surface area contributed by atoms with Crippen LogP contribution in [0.3, 0.4) is 0 Å². The molecule has 0 atom stereocenters. The molecule has 1 aromatic heterocycles. The van der Waals surface area contributed by atoms with E-state index in [1.807, 2.05) is 0 Å². The van der Waals surface area contributed by atoms with Gasteiger partial charge in [0.1, 0.15) is 4.90 Å². The highest BCUT2D eigenvalue weighted by Crippen LogP contribution is 2.30. The zero-order valence-corrected chi connectivity index (χ0v) is 12.6. The number of rotatable bonds is 5. The molecule has 9 heteroatoms. The van der Waals surface area contributed by atoms with Gasteiger partial charge >= 0.3 is 0 Å². The van der Waals surface area contributed by atoms with E-state index in [1.165, 1.54) is 23.1 Å². The average molecular weight is 335 g/mol. The summed E-state index contributed by atoms with van der Waals surface area (Å²) < 4.78 is 28.2. The van der Waals surface area contributed by atoms with Crippen molar-refractivity contribution in [2.75, 3.05) is 11.3 Å². The van der Waals surface area contributed by atoms with Crippen LogP contribution in [0.1, 0.15) is 0 Å². The Morgan fingerprint density at radius 1 is 1.35 bits per heavy atom. The standard InChI is InChI=1S/C11H12Cl2N4O2S/c12-9-2-1-3-10(11(9)13)16-20(18,19)8-6-15-17(7-8)5-4-14/h1-3,6-7,16H,4-5,14H2. The molecule has 0 bridgehead atoms. The summed E-state index contributed by atoms with van der Waals surface area (Å²) >= 11 is 11.8. The first-order chi connectivity index (χ1) is 9.44. The predicted octanol–water partition coefficient (Wildman–Crippen LogP) is 1.95. The molecule has 0 saturated carbocycles. The summed E-state index contributed by atoms with van der Waals surface area (Å²) in [5.41, 5.74) is 5.59. The van der Waals surface area contributed by atoms with Crippen LogP contribution in [0.15, 0.2) is 35.5 Å². The van der Waals surface area contributed by atoms with E-state index in [2.05, 4.69) is 9.82 Å². The van der Waals surface area contributed by atoms with E-state index in [0.29, 0.717) is 13.1 Å². The summed E-state index contributed by atoms with van der Waals surface area (Å²) in [7, 11) is -3.77. The molecule has 0 spiro atoms. The minimum Gasteiger partial charge on any atom is -0.329 e. The van der Waals surface area contributed by atoms with Crippen LogP contribution < -0.4 is 10.5 Å². The van der Waals surface area contributed by atoms with Gasteiger partial charge in [-0.2, -0.15) is 5.10 Å². The summed E-state index contributed by atoms with van der Waals surface area (Å²) in [6, 6.07) is 4.70. The molecule has 2 aromatic rings. The van der Waals surface area contributed by atoms with Gasteiger partial charge in [-0.1, -0.05) is 29.3 Å². The van der Waals surface area contributed by atoms with Gasteiger partial charge in [0.05, 0.1) is 28.5 Å². The molecule has 3 N–H and O–H groups in total. The molecule has 0 fully saturated rings. The smallest absolute Gasteiger partial charge is 0.265 e. The molecule has 0 unspecified atom stereocenters. The van der Waals surface area contributed by atoms with Crippen molar-refractivity contribution in [3.63, 3.8) is 0 Å². The summed E-state index contributed by atoms with van der Waals surface area (Å²) in [6.45, 7) is 0.808. The highest BCUT2D eigenvalue weighted by Gasteiger charge is 2.18. The van der Waals surface area contributed by atoms with E-state index >= 15 is 0 Å². The lowest BCUT2D eigenvalue weighted by molar-refractivity contribution is 0.599. The summed E-state index contributed by atoms with van der Waals surface area (Å²) in [5, 5.41) is 4.33. The maximum atomic E-state index is 12.2. The van der Waals surface area contributed by atoms with Crippen LogP contribution >= 0.6 is 23.2 Å². The third-order valence-corrected chi connectivity index (χ3v) is 4.61. The Hall–Kier alpha value is -1.28. The molecule has 0 aliphatic rings. The fourth-order valence-corrected chi connectivity index (χ4v) is 2.95. The molecular formula is C11H12Cl2N4O2S. The fraction of sp³-hybridized carbons (Fsp3) is 0.182. The molecule has 6 nitrogen and oxygen atoms in total. The first kappa shape index (κ1) is 15.1. The zero-order chi connectivity index (χ0) is 14.8. The van der Waals surface area contributed by atoms with Gasteiger partial charge in [0.2, 0.25) is 0 Å². The molecule has 1 heterocycles. The van der Waals surface area contributed by atoms with Crippen LogP contribution in [0.25, 0.3) is 0 Å². The minimum absolute atomic E-state index is 0.0296. The Kier molecular flexibility index (Phi) is 4.54. The molecule has 0 amide bonds. The third-order valence-electron chi connectivity index (χ3n) is 2.47. The number of nitrogens with two attached hydrogens (primary N) is 1. The topological polar surface area (TPSA) is 90.0 Å². The van der Waals surface area contributed by atoms with Crippen LogP contribution in [0.2, 0.25) is 10.0 Å². The number of benzene rings is 1. The van der Waals surface area contributed by atoms with Crippen molar-refractivity contribution in [2.45, 2.75) is 11.4 Å². The molecule has 0 aliphatic carbocycles. The number of anilines is 1. The van der Waals surface area contributed by atoms with Crippen molar-refractivity contribution in [1.82, 2.24) is 9.78 Å². The minimum atomic E-state index is -3.77. The van der Waals surface area contributed by atoms with Crippen molar-refractivity contribution < 1.29 is 8.42 Å². The van der Waals surface area contributed by atoms with Crippen molar-refractivity contribution >= 4 is 38.9 Å². The van der Waals surface area contributed by atoms with Crippen molar-refractivity contribution in [3.8, 4) is 0 Å². The summed E-state index contributed by atoms with van der Waals surface area (Å²) in [6.07, 6.45) is 2.64. The van der Waals surface area contributed by atoms with Gasteiger partial charge in [0.25, 0.3) is 10.0 Å². The molecule has 0 radical (unpaired) electrons. The van der Waals surface area contributed by atoms with Gasteiger partial charge in [-0.15, -0.1) is 0 Å². The zero-order valence-electron chi connectivity index (χ0n) is 10.3. The molecule has 1 aromatic carbocycles. The Morgan fingerprint density at radius 3 is 2.80 bits per heavy atom. The van der Waals surface area contributed by atoms with Gasteiger partial charge in [0, 0.05) is 12.7 Å². The Morgan fingerprint density at radius 2 is 2.10 bits per heavy atom. The summed E-state index contributed by atoms with van der Waals surface area (Å²) in [4.78, 5) is 0.0296. The van der Waals surface area contributed by atoms with E-state index in [9.17, 15) is 8.42 Å². The predicted molar refractivity (Wildman–Crippen MR) is 78.6 cm³/mol. The monoisotopic (exact) mass is 334 g/mol. The molecule has 0 saturated heterocycles. The Labute approximate surface area is 126 Å². The van der Waals surface area contributed by atoms with E-state index < -0.39 is 10.0 Å². The molecular weight excluding hydrogens is 323 g/mol. The van der Waals surface area contributed by atoms with E-state index in [-0.39, 0.29) is 20.6 Å². The first-order valence-corrected chi connectivity index (χ1v) is 7.87. The summed E-state index contributed by atoms with van der Waals surface area (Å²) in [5.74, 6) is 0. The average Bonchev–Trinajstić information content (AvgIpc) is 2.85. The van der Waals surface area contributed by atoms with Crippen molar-refractivity contribution in [3.05, 3.63) is 40.6 Å². The lowest BCUT2D eigenvalue weighted by atomic mass is 10.3. The second-order valence-electron chi connectivity index (χ2n) is 3.93. The van der Waals surface area contributed by atoms with E-state index in [0.717, 1.165) is 0 Å². The van der Waals surface area contributed by atoms with Gasteiger partial charge < -0.3 is 5.73 Å². The van der Waals surface area contributed by atoms with Crippen LogP contribution in [0.4, 0.5) is 5.69 Å².